The fraction of sp³-hybridized carbons (Fsp3) is 0.346. The highest BCUT2D eigenvalue weighted by atomic mass is 35.5. The number of hydrogen-bond donors (Lipinski definition) is 1. The lowest BCUT2D eigenvalue weighted by Crippen LogP contribution is -2.33. The van der Waals surface area contributed by atoms with Crippen molar-refractivity contribution in [2.24, 2.45) is 5.92 Å². The second-order valence-corrected chi connectivity index (χ2v) is 9.09. The van der Waals surface area contributed by atoms with E-state index < -0.39 is 6.10 Å². The largest absolute Gasteiger partial charge is 0.481 e. The van der Waals surface area contributed by atoms with Crippen LogP contribution in [0.4, 0.5) is 11.5 Å². The molecule has 1 N–H and O–H groups in total. The number of halogens is 1. The maximum absolute atomic E-state index is 12.5. The molecule has 1 aromatic heterocycles. The molecule has 4 rings (SSSR count). The fourth-order valence-electron chi connectivity index (χ4n) is 3.80. The van der Waals surface area contributed by atoms with Crippen molar-refractivity contribution in [1.29, 1.82) is 0 Å². The average molecular weight is 465 g/mol. The van der Waals surface area contributed by atoms with Gasteiger partial charge in [0.15, 0.2) is 11.9 Å². The van der Waals surface area contributed by atoms with Gasteiger partial charge in [-0.25, -0.2) is 0 Å². The van der Waals surface area contributed by atoms with Crippen LogP contribution < -0.4 is 15.0 Å². The van der Waals surface area contributed by atoms with Crippen molar-refractivity contribution in [1.82, 2.24) is 10.2 Å². The van der Waals surface area contributed by atoms with Crippen molar-refractivity contribution in [3.63, 3.8) is 0 Å². The van der Waals surface area contributed by atoms with Crippen LogP contribution in [-0.4, -0.2) is 35.3 Å². The number of carbonyl (C=O) groups excluding carboxylic acids is 1. The number of nitrogens with zero attached hydrogens (tertiary/aromatic N) is 3. The summed E-state index contributed by atoms with van der Waals surface area (Å²) in [7, 11) is 0. The van der Waals surface area contributed by atoms with Gasteiger partial charge in [0.1, 0.15) is 5.75 Å². The smallest absolute Gasteiger partial charge is 0.265 e. The minimum absolute atomic E-state index is 0.227. The number of nitrogens with one attached hydrogen (secondary N) is 1. The molecule has 1 aliphatic rings. The number of carbonyl (C=O) groups is 1. The van der Waals surface area contributed by atoms with Crippen molar-refractivity contribution in [2.75, 3.05) is 23.3 Å². The Morgan fingerprint density at radius 3 is 2.45 bits per heavy atom. The number of aryl methyl sites for hydroxylation is 1. The zero-order valence-corrected chi connectivity index (χ0v) is 20.0. The zero-order valence-electron chi connectivity index (χ0n) is 19.2. The Morgan fingerprint density at radius 2 is 1.82 bits per heavy atom. The molecule has 2 aromatic carbocycles. The predicted molar refractivity (Wildman–Crippen MR) is 133 cm³/mol. The topological polar surface area (TPSA) is 67.3 Å². The molecule has 1 saturated heterocycles. The van der Waals surface area contributed by atoms with E-state index in [9.17, 15) is 4.79 Å². The van der Waals surface area contributed by atoms with Crippen molar-refractivity contribution in [2.45, 2.75) is 39.7 Å². The summed E-state index contributed by atoms with van der Waals surface area (Å²) < 4.78 is 5.75. The lowest BCUT2D eigenvalue weighted by atomic mass is 9.99. The normalized spacial score (nSPS) is 15.2. The maximum Gasteiger partial charge on any atom is 0.265 e. The number of rotatable bonds is 6. The van der Waals surface area contributed by atoms with Gasteiger partial charge in [-0.3, -0.25) is 4.79 Å². The van der Waals surface area contributed by atoms with E-state index >= 15 is 0 Å². The maximum atomic E-state index is 12.5. The van der Waals surface area contributed by atoms with Crippen molar-refractivity contribution < 1.29 is 9.53 Å². The van der Waals surface area contributed by atoms with Crippen LogP contribution in [0.15, 0.2) is 54.6 Å². The molecule has 1 aliphatic heterocycles. The van der Waals surface area contributed by atoms with Gasteiger partial charge in [0.25, 0.3) is 5.91 Å². The summed E-state index contributed by atoms with van der Waals surface area (Å²) in [6.07, 6.45) is 1.74. The first-order chi connectivity index (χ1) is 15.9. The molecule has 33 heavy (non-hydrogen) atoms. The molecule has 0 radical (unpaired) electrons. The van der Waals surface area contributed by atoms with E-state index in [0.29, 0.717) is 16.5 Å². The van der Waals surface area contributed by atoms with Crippen molar-refractivity contribution >= 4 is 29.0 Å². The van der Waals surface area contributed by atoms with Gasteiger partial charge >= 0.3 is 0 Å². The molecule has 7 heteroatoms. The van der Waals surface area contributed by atoms with Crippen LogP contribution in [0.3, 0.4) is 0 Å². The number of hydrogen-bond acceptors (Lipinski definition) is 5. The van der Waals surface area contributed by atoms with E-state index in [-0.39, 0.29) is 5.91 Å². The predicted octanol–water partition coefficient (Wildman–Crippen LogP) is 5.75. The Morgan fingerprint density at radius 1 is 1.09 bits per heavy atom. The van der Waals surface area contributed by atoms with Crippen molar-refractivity contribution in [3.05, 3.63) is 65.2 Å². The Labute approximate surface area is 199 Å². The second kappa shape index (κ2) is 10.2. The standard InChI is InChI=1S/C26H29ClN4O2/c1-17-12-14-31(15-13-17)25-11-10-24(29-30-25)20-4-6-21(7-5-20)28-26(32)19(3)33-22-8-9-23(27)18(2)16-22/h4-11,16-17,19H,12-15H2,1-3H3,(H,28,32). The molecular weight excluding hydrogens is 436 g/mol. The Balaban J connectivity index is 1.34. The van der Waals surface area contributed by atoms with Gasteiger partial charge < -0.3 is 15.0 Å². The molecule has 3 aromatic rings. The Kier molecular flexibility index (Phi) is 7.14. The molecular formula is C26H29ClN4O2. The van der Waals surface area contributed by atoms with E-state index in [1.165, 1.54) is 12.8 Å². The molecule has 172 valence electrons. The first-order valence-corrected chi connectivity index (χ1v) is 11.7. The van der Waals surface area contributed by atoms with Gasteiger partial charge in [0, 0.05) is 29.4 Å². The molecule has 0 aliphatic carbocycles. The first kappa shape index (κ1) is 23.1. The molecule has 0 spiro atoms. The highest BCUT2D eigenvalue weighted by Crippen LogP contribution is 2.25. The number of ether oxygens (including phenoxy) is 1. The number of anilines is 2. The van der Waals surface area contributed by atoms with Crippen LogP contribution in [0.1, 0.15) is 32.3 Å². The molecule has 1 unspecified atom stereocenters. The fourth-order valence-corrected chi connectivity index (χ4v) is 3.92. The molecule has 0 bridgehead atoms. The minimum Gasteiger partial charge on any atom is -0.481 e. The minimum atomic E-state index is -0.651. The monoisotopic (exact) mass is 464 g/mol. The number of piperidine rings is 1. The molecule has 0 saturated carbocycles. The van der Waals surface area contributed by atoms with Crippen LogP contribution in [0.25, 0.3) is 11.3 Å². The number of amides is 1. The molecule has 6 nitrogen and oxygen atoms in total. The molecule has 1 amide bonds. The summed E-state index contributed by atoms with van der Waals surface area (Å²) in [5.41, 5.74) is 3.34. The third kappa shape index (κ3) is 5.82. The SMILES string of the molecule is Cc1cc(OC(C)C(=O)Nc2ccc(-c3ccc(N4CCC(C)CC4)nn3)cc2)ccc1Cl. The first-order valence-electron chi connectivity index (χ1n) is 11.3. The quantitative estimate of drug-likeness (QED) is 0.503. The van der Waals surface area contributed by atoms with Crippen LogP contribution in [-0.2, 0) is 4.79 Å². The lowest BCUT2D eigenvalue weighted by Gasteiger charge is -2.30. The van der Waals surface area contributed by atoms with Crippen LogP contribution in [0.2, 0.25) is 5.02 Å². The molecule has 1 atom stereocenters. The van der Waals surface area contributed by atoms with Crippen LogP contribution in [0.5, 0.6) is 5.75 Å². The van der Waals surface area contributed by atoms with Crippen molar-refractivity contribution in [3.8, 4) is 17.0 Å². The van der Waals surface area contributed by atoms with Gasteiger partial charge in [0.2, 0.25) is 0 Å². The molecule has 1 fully saturated rings. The highest BCUT2D eigenvalue weighted by molar-refractivity contribution is 6.31. The van der Waals surface area contributed by atoms with E-state index in [0.717, 1.165) is 41.6 Å². The summed E-state index contributed by atoms with van der Waals surface area (Å²) >= 11 is 6.05. The summed E-state index contributed by atoms with van der Waals surface area (Å²) in [5, 5.41) is 12.4. The Hall–Kier alpha value is -3.12. The van der Waals surface area contributed by atoms with Gasteiger partial charge in [-0.15, -0.1) is 10.2 Å². The van der Waals surface area contributed by atoms with Crippen LogP contribution >= 0.6 is 11.6 Å². The summed E-state index contributed by atoms with van der Waals surface area (Å²) in [4.78, 5) is 14.8. The summed E-state index contributed by atoms with van der Waals surface area (Å²) in [5.74, 6) is 2.09. The van der Waals surface area contributed by atoms with E-state index in [1.54, 1.807) is 19.1 Å². The van der Waals surface area contributed by atoms with E-state index in [4.69, 9.17) is 16.3 Å². The Bertz CT molecular complexity index is 1090. The second-order valence-electron chi connectivity index (χ2n) is 8.68. The van der Waals surface area contributed by atoms with Gasteiger partial charge in [-0.05, 0) is 80.6 Å². The van der Waals surface area contributed by atoms with E-state index in [2.05, 4.69) is 27.3 Å². The van der Waals surface area contributed by atoms with Gasteiger partial charge in [0.05, 0.1) is 5.69 Å². The summed E-state index contributed by atoms with van der Waals surface area (Å²) in [6.45, 7) is 7.97. The number of benzene rings is 2. The third-order valence-corrected chi connectivity index (χ3v) is 6.44. The molecule has 2 heterocycles. The third-order valence-electron chi connectivity index (χ3n) is 6.02. The lowest BCUT2D eigenvalue weighted by molar-refractivity contribution is -0.122. The average Bonchev–Trinajstić information content (AvgIpc) is 2.82. The summed E-state index contributed by atoms with van der Waals surface area (Å²) in [6, 6.07) is 16.9. The zero-order chi connectivity index (χ0) is 23.4. The number of aromatic nitrogens is 2. The van der Waals surface area contributed by atoms with Gasteiger partial charge in [-0.1, -0.05) is 30.7 Å². The van der Waals surface area contributed by atoms with Gasteiger partial charge in [-0.2, -0.15) is 0 Å². The van der Waals surface area contributed by atoms with Crippen LogP contribution in [0, 0.1) is 12.8 Å². The van der Waals surface area contributed by atoms with E-state index in [1.807, 2.05) is 49.4 Å². The highest BCUT2D eigenvalue weighted by Gasteiger charge is 2.18.